The number of carbonyl (C=O) groups is 2. The second-order valence-electron chi connectivity index (χ2n) is 8.87. The minimum atomic E-state index is -0.0779. The van der Waals surface area contributed by atoms with Gasteiger partial charge in [-0.25, -0.2) is 0 Å². The summed E-state index contributed by atoms with van der Waals surface area (Å²) in [7, 11) is 0. The summed E-state index contributed by atoms with van der Waals surface area (Å²) in [5.74, 6) is 0.558. The van der Waals surface area contributed by atoms with Gasteiger partial charge in [0.15, 0.2) is 0 Å². The third-order valence-corrected chi connectivity index (χ3v) is 7.85. The highest BCUT2D eigenvalue weighted by Crippen LogP contribution is 2.39. The number of nitrogens with one attached hydrogen (secondary N) is 1. The molecule has 0 aromatic heterocycles. The lowest BCUT2D eigenvalue weighted by molar-refractivity contribution is -0.128. The fraction of sp³-hybridized carbons (Fsp3) is 0.286. The molecule has 1 heterocycles. The van der Waals surface area contributed by atoms with Crippen molar-refractivity contribution in [2.75, 3.05) is 5.75 Å². The monoisotopic (exact) mass is 456 g/mol. The summed E-state index contributed by atoms with van der Waals surface area (Å²) in [5, 5.41) is 3.10. The summed E-state index contributed by atoms with van der Waals surface area (Å²) in [6.07, 6.45) is 3.52. The number of hydrogen-bond acceptors (Lipinski definition) is 3. The zero-order valence-electron chi connectivity index (χ0n) is 18.8. The summed E-state index contributed by atoms with van der Waals surface area (Å²) >= 11 is 1.64. The van der Waals surface area contributed by atoms with Crippen LogP contribution in [0.5, 0.6) is 0 Å². The van der Waals surface area contributed by atoms with Crippen molar-refractivity contribution in [1.29, 1.82) is 0 Å². The van der Waals surface area contributed by atoms with E-state index in [9.17, 15) is 9.59 Å². The molecule has 3 aromatic rings. The Balaban J connectivity index is 1.26. The van der Waals surface area contributed by atoms with Crippen LogP contribution in [-0.2, 0) is 24.2 Å². The second-order valence-corrected chi connectivity index (χ2v) is 9.94. The smallest absolute Gasteiger partial charge is 0.251 e. The highest BCUT2D eigenvalue weighted by Gasteiger charge is 2.32. The quantitative estimate of drug-likeness (QED) is 0.537. The van der Waals surface area contributed by atoms with Crippen molar-refractivity contribution in [2.24, 2.45) is 0 Å². The molecule has 5 rings (SSSR count). The third-order valence-electron chi connectivity index (χ3n) is 6.59. The van der Waals surface area contributed by atoms with Crippen molar-refractivity contribution in [2.45, 2.75) is 44.1 Å². The van der Waals surface area contributed by atoms with E-state index in [1.54, 1.807) is 11.8 Å². The topological polar surface area (TPSA) is 49.4 Å². The minimum Gasteiger partial charge on any atom is -0.346 e. The molecule has 0 unspecified atom stereocenters. The van der Waals surface area contributed by atoms with Crippen molar-refractivity contribution in [3.8, 4) is 0 Å². The lowest BCUT2D eigenvalue weighted by Gasteiger charge is -2.24. The van der Waals surface area contributed by atoms with Gasteiger partial charge < -0.3 is 10.2 Å². The molecular formula is C28H28N2O2S. The average Bonchev–Trinajstić information content (AvgIpc) is 3.46. The van der Waals surface area contributed by atoms with Gasteiger partial charge in [0.25, 0.3) is 5.91 Å². The normalized spacial score (nSPS) is 18.3. The Morgan fingerprint density at radius 1 is 1.03 bits per heavy atom. The number of carbonyl (C=O) groups excluding carboxylic acids is 2. The number of benzene rings is 3. The van der Waals surface area contributed by atoms with Gasteiger partial charge in [-0.2, -0.15) is 0 Å². The largest absolute Gasteiger partial charge is 0.346 e. The number of rotatable bonds is 6. The number of thioether (sulfide) groups is 1. The molecule has 1 N–H and O–H groups in total. The first kappa shape index (κ1) is 21.8. The van der Waals surface area contributed by atoms with Gasteiger partial charge in [0.1, 0.15) is 5.37 Å². The predicted octanol–water partition coefficient (Wildman–Crippen LogP) is 5.44. The van der Waals surface area contributed by atoms with Crippen LogP contribution in [0.15, 0.2) is 72.8 Å². The predicted molar refractivity (Wildman–Crippen MR) is 133 cm³/mol. The first-order chi connectivity index (χ1) is 16.1. The Kier molecular flexibility index (Phi) is 6.23. The van der Waals surface area contributed by atoms with Crippen molar-refractivity contribution in [3.63, 3.8) is 0 Å². The van der Waals surface area contributed by atoms with E-state index in [4.69, 9.17) is 0 Å². The molecule has 1 fully saturated rings. The zero-order chi connectivity index (χ0) is 22.8. The Morgan fingerprint density at radius 2 is 1.79 bits per heavy atom. The van der Waals surface area contributed by atoms with Gasteiger partial charge in [0, 0.05) is 12.1 Å². The summed E-state index contributed by atoms with van der Waals surface area (Å²) in [6, 6.07) is 24.3. The van der Waals surface area contributed by atoms with Crippen molar-refractivity contribution in [1.82, 2.24) is 10.2 Å². The van der Waals surface area contributed by atoms with Crippen LogP contribution in [0, 0.1) is 0 Å². The number of amides is 2. The molecule has 3 aromatic carbocycles. The van der Waals surface area contributed by atoms with E-state index in [2.05, 4.69) is 23.5 Å². The first-order valence-corrected chi connectivity index (χ1v) is 12.6. The molecule has 1 aliphatic carbocycles. The molecule has 33 heavy (non-hydrogen) atoms. The zero-order valence-corrected chi connectivity index (χ0v) is 19.6. The Labute approximate surface area is 199 Å². The third kappa shape index (κ3) is 4.69. The van der Waals surface area contributed by atoms with E-state index in [1.807, 2.05) is 66.4 Å². The molecule has 2 atom stereocenters. The second kappa shape index (κ2) is 9.44. The molecule has 1 aliphatic heterocycles. The summed E-state index contributed by atoms with van der Waals surface area (Å²) in [6.45, 7) is 2.63. The van der Waals surface area contributed by atoms with E-state index in [0.29, 0.717) is 17.9 Å². The summed E-state index contributed by atoms with van der Waals surface area (Å²) < 4.78 is 0. The summed E-state index contributed by atoms with van der Waals surface area (Å²) in [4.78, 5) is 27.3. The van der Waals surface area contributed by atoms with Crippen LogP contribution in [-0.4, -0.2) is 22.5 Å². The maximum absolute atomic E-state index is 12.9. The molecular weight excluding hydrogens is 428 g/mol. The molecule has 5 heteroatoms. The van der Waals surface area contributed by atoms with Gasteiger partial charge in [-0.15, -0.1) is 11.8 Å². The average molecular weight is 457 g/mol. The van der Waals surface area contributed by atoms with Gasteiger partial charge in [-0.3, -0.25) is 9.59 Å². The lowest BCUT2D eigenvalue weighted by atomic mass is 10.0. The van der Waals surface area contributed by atoms with Crippen molar-refractivity contribution >= 4 is 23.6 Å². The maximum atomic E-state index is 12.9. The number of aryl methyl sites for hydroxylation is 2. The molecule has 0 spiro atoms. The molecule has 0 radical (unpaired) electrons. The van der Waals surface area contributed by atoms with E-state index in [0.717, 1.165) is 29.5 Å². The van der Waals surface area contributed by atoms with Gasteiger partial charge >= 0.3 is 0 Å². The fourth-order valence-corrected chi connectivity index (χ4v) is 5.89. The Bertz CT molecular complexity index is 1160. The molecule has 168 valence electrons. The highest BCUT2D eigenvalue weighted by atomic mass is 32.2. The van der Waals surface area contributed by atoms with Gasteiger partial charge in [-0.05, 0) is 66.1 Å². The highest BCUT2D eigenvalue weighted by molar-refractivity contribution is 8.00. The van der Waals surface area contributed by atoms with E-state index in [-0.39, 0.29) is 23.2 Å². The van der Waals surface area contributed by atoms with Crippen LogP contribution >= 0.6 is 11.8 Å². The molecule has 0 bridgehead atoms. The van der Waals surface area contributed by atoms with E-state index in [1.165, 1.54) is 17.5 Å². The van der Waals surface area contributed by atoms with Gasteiger partial charge in [-0.1, -0.05) is 60.7 Å². The van der Waals surface area contributed by atoms with Crippen molar-refractivity contribution < 1.29 is 9.59 Å². The molecule has 4 nitrogen and oxygen atoms in total. The van der Waals surface area contributed by atoms with Crippen LogP contribution in [0.1, 0.15) is 62.9 Å². The van der Waals surface area contributed by atoms with Crippen molar-refractivity contribution in [3.05, 3.63) is 106 Å². The van der Waals surface area contributed by atoms with Crippen LogP contribution in [0.4, 0.5) is 0 Å². The van der Waals surface area contributed by atoms with Crippen LogP contribution in [0.2, 0.25) is 0 Å². The van der Waals surface area contributed by atoms with Gasteiger partial charge in [0.2, 0.25) is 5.91 Å². The van der Waals surface area contributed by atoms with Crippen LogP contribution < -0.4 is 5.32 Å². The Hall–Kier alpha value is -3.05. The lowest BCUT2D eigenvalue weighted by Crippen LogP contribution is -2.28. The molecule has 2 amide bonds. The minimum absolute atomic E-state index is 0.0276. The SMILES string of the molecule is C[C@H](NC(=O)c1ccc([C@@H]2SCC(=O)N2Cc2ccccc2)cc1)c1ccc2c(c1)CCC2. The fourth-order valence-electron chi connectivity index (χ4n) is 4.70. The maximum Gasteiger partial charge on any atom is 0.251 e. The van der Waals surface area contributed by atoms with E-state index < -0.39 is 0 Å². The standard InChI is InChI=1S/C28H28N2O2S/c1-19(24-15-10-21-8-5-9-25(21)16-24)29-27(32)22-11-13-23(14-12-22)28-30(26(31)18-33-28)17-20-6-3-2-4-7-20/h2-4,6-7,10-16,19,28H,5,8-9,17-18H2,1H3,(H,29,32)/t19-,28-/m0/s1. The van der Waals surface area contributed by atoms with Gasteiger partial charge in [0.05, 0.1) is 11.8 Å². The molecule has 0 saturated carbocycles. The Morgan fingerprint density at radius 3 is 2.58 bits per heavy atom. The number of hydrogen-bond donors (Lipinski definition) is 1. The van der Waals surface area contributed by atoms with Crippen LogP contribution in [0.3, 0.4) is 0 Å². The number of fused-ring (bicyclic) bond motifs is 1. The molecule has 1 saturated heterocycles. The molecule has 2 aliphatic rings. The van der Waals surface area contributed by atoms with E-state index >= 15 is 0 Å². The number of nitrogens with zero attached hydrogens (tertiary/aromatic N) is 1. The summed E-state index contributed by atoms with van der Waals surface area (Å²) in [5.41, 5.74) is 6.81. The first-order valence-electron chi connectivity index (χ1n) is 11.6. The van der Waals surface area contributed by atoms with Crippen LogP contribution in [0.25, 0.3) is 0 Å².